The largest absolute Gasteiger partial charge is 0.465 e. The van der Waals surface area contributed by atoms with Crippen molar-refractivity contribution in [1.29, 1.82) is 0 Å². The minimum atomic E-state index is -0.430. The fraction of sp³-hybridized carbons (Fsp3) is 0.429. The second-order valence-electron chi connectivity index (χ2n) is 4.44. The minimum Gasteiger partial charge on any atom is -0.465 e. The third-order valence-electron chi connectivity index (χ3n) is 2.90. The molecule has 0 aliphatic heterocycles. The molecular weight excluding hydrogens is 244 g/mol. The first kappa shape index (κ1) is 15.2. The predicted octanol–water partition coefficient (Wildman–Crippen LogP) is 1.85. The number of rotatable bonds is 5. The lowest BCUT2D eigenvalue weighted by Crippen LogP contribution is -2.26. The van der Waals surface area contributed by atoms with Crippen molar-refractivity contribution in [1.82, 2.24) is 0 Å². The third kappa shape index (κ3) is 4.37. The highest BCUT2D eigenvalue weighted by atomic mass is 16.5. The van der Waals surface area contributed by atoms with Crippen LogP contribution in [-0.4, -0.2) is 25.0 Å². The quantitative estimate of drug-likeness (QED) is 0.795. The Morgan fingerprint density at radius 1 is 1.42 bits per heavy atom. The molecule has 0 aliphatic rings. The number of ether oxygens (including phenoxy) is 1. The van der Waals surface area contributed by atoms with Crippen molar-refractivity contribution in [2.45, 2.75) is 32.7 Å². The Morgan fingerprint density at radius 2 is 2.11 bits per heavy atom. The van der Waals surface area contributed by atoms with E-state index < -0.39 is 5.97 Å². The Morgan fingerprint density at radius 3 is 2.68 bits per heavy atom. The summed E-state index contributed by atoms with van der Waals surface area (Å²) in [6, 6.07) is 4.89. The first-order valence-electron chi connectivity index (χ1n) is 6.22. The molecule has 0 bridgehead atoms. The van der Waals surface area contributed by atoms with E-state index in [4.69, 9.17) is 5.73 Å². The summed E-state index contributed by atoms with van der Waals surface area (Å²) in [5.74, 6) is -0.583. The molecule has 5 heteroatoms. The van der Waals surface area contributed by atoms with Gasteiger partial charge in [0, 0.05) is 18.2 Å². The van der Waals surface area contributed by atoms with E-state index in [1.54, 1.807) is 18.2 Å². The van der Waals surface area contributed by atoms with E-state index in [2.05, 4.69) is 10.1 Å². The highest BCUT2D eigenvalue weighted by Crippen LogP contribution is 2.18. The van der Waals surface area contributed by atoms with Crippen LogP contribution >= 0.6 is 0 Å². The van der Waals surface area contributed by atoms with Crippen LogP contribution in [0.1, 0.15) is 35.7 Å². The molecule has 1 aromatic rings. The van der Waals surface area contributed by atoms with Gasteiger partial charge in [-0.3, -0.25) is 4.79 Å². The van der Waals surface area contributed by atoms with Crippen molar-refractivity contribution >= 4 is 17.6 Å². The number of anilines is 1. The molecule has 0 heterocycles. The molecule has 19 heavy (non-hydrogen) atoms. The van der Waals surface area contributed by atoms with Crippen molar-refractivity contribution in [3.63, 3.8) is 0 Å². The molecule has 3 N–H and O–H groups in total. The smallest absolute Gasteiger partial charge is 0.337 e. The maximum atomic E-state index is 11.8. The Bertz CT molecular complexity index is 472. The van der Waals surface area contributed by atoms with Gasteiger partial charge in [-0.25, -0.2) is 4.79 Å². The van der Waals surface area contributed by atoms with E-state index >= 15 is 0 Å². The van der Waals surface area contributed by atoms with Crippen LogP contribution in [0.15, 0.2) is 18.2 Å². The highest BCUT2D eigenvalue weighted by Gasteiger charge is 2.12. The SMILES string of the molecule is CCC(N)CC(=O)Nc1cc(C(=O)OC)ccc1C. The number of methoxy groups -OCH3 is 1. The number of nitrogens with one attached hydrogen (secondary N) is 1. The van der Waals surface area contributed by atoms with Gasteiger partial charge >= 0.3 is 5.97 Å². The number of nitrogens with two attached hydrogens (primary N) is 1. The molecule has 1 unspecified atom stereocenters. The predicted molar refractivity (Wildman–Crippen MR) is 74.0 cm³/mol. The molecule has 0 radical (unpaired) electrons. The Labute approximate surface area is 113 Å². The molecule has 1 rings (SSSR count). The Hall–Kier alpha value is -1.88. The van der Waals surface area contributed by atoms with Gasteiger partial charge in [0.2, 0.25) is 5.91 Å². The van der Waals surface area contributed by atoms with Gasteiger partial charge in [0.25, 0.3) is 0 Å². The zero-order valence-corrected chi connectivity index (χ0v) is 11.5. The maximum Gasteiger partial charge on any atom is 0.337 e. The number of amides is 1. The second kappa shape index (κ2) is 6.89. The first-order valence-corrected chi connectivity index (χ1v) is 6.22. The van der Waals surface area contributed by atoms with E-state index in [9.17, 15) is 9.59 Å². The number of hydrogen-bond acceptors (Lipinski definition) is 4. The van der Waals surface area contributed by atoms with Crippen LogP contribution in [0, 0.1) is 6.92 Å². The van der Waals surface area contributed by atoms with Crippen LogP contribution in [0.5, 0.6) is 0 Å². The fourth-order valence-electron chi connectivity index (χ4n) is 1.59. The van der Waals surface area contributed by atoms with Gasteiger partial charge in [-0.2, -0.15) is 0 Å². The molecule has 0 fully saturated rings. The zero-order valence-electron chi connectivity index (χ0n) is 11.5. The lowest BCUT2D eigenvalue weighted by molar-refractivity contribution is -0.116. The number of carbonyl (C=O) groups is 2. The Kier molecular flexibility index (Phi) is 5.51. The van der Waals surface area contributed by atoms with Crippen molar-refractivity contribution < 1.29 is 14.3 Å². The number of esters is 1. The number of hydrogen-bond donors (Lipinski definition) is 2. The molecule has 0 aromatic heterocycles. The first-order chi connectivity index (χ1) is 8.97. The molecule has 104 valence electrons. The van der Waals surface area contributed by atoms with Gasteiger partial charge in [0.05, 0.1) is 12.7 Å². The van der Waals surface area contributed by atoms with Gasteiger partial charge in [0.15, 0.2) is 0 Å². The van der Waals surface area contributed by atoms with Crippen molar-refractivity contribution in [3.8, 4) is 0 Å². The number of benzene rings is 1. The van der Waals surface area contributed by atoms with Gasteiger partial charge < -0.3 is 15.8 Å². The van der Waals surface area contributed by atoms with E-state index in [-0.39, 0.29) is 18.4 Å². The molecule has 0 saturated heterocycles. The lowest BCUT2D eigenvalue weighted by atomic mass is 10.1. The summed E-state index contributed by atoms with van der Waals surface area (Å²) in [6.07, 6.45) is 1.01. The van der Waals surface area contributed by atoms with Gasteiger partial charge in [-0.05, 0) is 31.0 Å². The summed E-state index contributed by atoms with van der Waals surface area (Å²) in [6.45, 7) is 3.79. The summed E-state index contributed by atoms with van der Waals surface area (Å²) in [7, 11) is 1.32. The highest BCUT2D eigenvalue weighted by molar-refractivity contribution is 5.95. The zero-order chi connectivity index (χ0) is 14.4. The summed E-state index contributed by atoms with van der Waals surface area (Å²) >= 11 is 0. The summed E-state index contributed by atoms with van der Waals surface area (Å²) in [5.41, 5.74) is 7.62. The standard InChI is InChI=1S/C14H20N2O3/c1-4-11(15)8-13(17)16-12-7-10(14(18)19-3)6-5-9(12)2/h5-7,11H,4,8,15H2,1-3H3,(H,16,17). The van der Waals surface area contributed by atoms with Crippen LogP contribution < -0.4 is 11.1 Å². The van der Waals surface area contributed by atoms with Gasteiger partial charge in [0.1, 0.15) is 0 Å². The molecule has 1 amide bonds. The van der Waals surface area contributed by atoms with Crippen LogP contribution in [0.3, 0.4) is 0 Å². The topological polar surface area (TPSA) is 81.4 Å². The van der Waals surface area contributed by atoms with Crippen molar-refractivity contribution in [3.05, 3.63) is 29.3 Å². The summed E-state index contributed by atoms with van der Waals surface area (Å²) in [5, 5.41) is 2.77. The third-order valence-corrected chi connectivity index (χ3v) is 2.90. The Balaban J connectivity index is 2.82. The average Bonchev–Trinajstić information content (AvgIpc) is 2.40. The fourth-order valence-corrected chi connectivity index (χ4v) is 1.59. The minimum absolute atomic E-state index is 0.149. The van der Waals surface area contributed by atoms with Gasteiger partial charge in [-0.1, -0.05) is 13.0 Å². The maximum absolute atomic E-state index is 11.8. The number of aryl methyl sites for hydroxylation is 1. The van der Waals surface area contributed by atoms with E-state index in [1.807, 2.05) is 13.8 Å². The number of carbonyl (C=O) groups excluding carboxylic acids is 2. The lowest BCUT2D eigenvalue weighted by Gasteiger charge is -2.12. The molecule has 1 atom stereocenters. The summed E-state index contributed by atoms with van der Waals surface area (Å²) < 4.78 is 4.65. The van der Waals surface area contributed by atoms with E-state index in [1.165, 1.54) is 7.11 Å². The molecule has 0 spiro atoms. The van der Waals surface area contributed by atoms with E-state index in [0.717, 1.165) is 12.0 Å². The summed E-state index contributed by atoms with van der Waals surface area (Å²) in [4.78, 5) is 23.2. The van der Waals surface area contributed by atoms with Crippen LogP contribution in [0.2, 0.25) is 0 Å². The van der Waals surface area contributed by atoms with Crippen LogP contribution in [0.25, 0.3) is 0 Å². The average molecular weight is 264 g/mol. The molecule has 0 saturated carbocycles. The van der Waals surface area contributed by atoms with Crippen molar-refractivity contribution in [2.24, 2.45) is 5.73 Å². The molecule has 5 nitrogen and oxygen atoms in total. The van der Waals surface area contributed by atoms with Crippen molar-refractivity contribution in [2.75, 3.05) is 12.4 Å². The van der Waals surface area contributed by atoms with Crippen LogP contribution in [0.4, 0.5) is 5.69 Å². The molecule has 1 aromatic carbocycles. The molecular formula is C14H20N2O3. The monoisotopic (exact) mass is 264 g/mol. The van der Waals surface area contributed by atoms with E-state index in [0.29, 0.717) is 11.3 Å². The van der Waals surface area contributed by atoms with Crippen LogP contribution in [-0.2, 0) is 9.53 Å². The normalized spacial score (nSPS) is 11.8. The second-order valence-corrected chi connectivity index (χ2v) is 4.44. The molecule has 0 aliphatic carbocycles. The van der Waals surface area contributed by atoms with Gasteiger partial charge in [-0.15, -0.1) is 0 Å².